The van der Waals surface area contributed by atoms with Crippen LogP contribution in [0.5, 0.6) is 0 Å². The Kier molecular flexibility index (Phi) is 5.88. The van der Waals surface area contributed by atoms with Crippen LogP contribution in [-0.2, 0) is 4.79 Å². The Bertz CT molecular complexity index is 1800. The summed E-state index contributed by atoms with van der Waals surface area (Å²) in [6, 6.07) is 12.4. The molecule has 0 spiro atoms. The van der Waals surface area contributed by atoms with Gasteiger partial charge in [0, 0.05) is 46.3 Å². The fourth-order valence-corrected chi connectivity index (χ4v) is 4.58. The van der Waals surface area contributed by atoms with Gasteiger partial charge in [-0.1, -0.05) is 32.0 Å². The lowest BCUT2D eigenvalue weighted by Crippen LogP contribution is -2.13. The molecule has 5 heterocycles. The van der Waals surface area contributed by atoms with Gasteiger partial charge in [0.15, 0.2) is 0 Å². The molecule has 6 aromatic rings. The summed E-state index contributed by atoms with van der Waals surface area (Å²) in [5, 5.41) is 12.2. The number of anilines is 1. The zero-order valence-corrected chi connectivity index (χ0v) is 20.8. The Labute approximate surface area is 217 Å². The molecule has 38 heavy (non-hydrogen) atoms. The number of amides is 1. The van der Waals surface area contributed by atoms with Gasteiger partial charge in [0.1, 0.15) is 11.5 Å². The van der Waals surface area contributed by atoms with E-state index in [1.165, 1.54) is 6.07 Å². The lowest BCUT2D eigenvalue weighted by Gasteiger charge is -2.08. The second kappa shape index (κ2) is 9.51. The lowest BCUT2D eigenvalue weighted by molar-refractivity contribution is -0.116. The zero-order chi connectivity index (χ0) is 26.2. The molecule has 0 aliphatic carbocycles. The van der Waals surface area contributed by atoms with Crippen molar-refractivity contribution in [3.8, 4) is 33.8 Å². The summed E-state index contributed by atoms with van der Waals surface area (Å²) >= 11 is 0. The van der Waals surface area contributed by atoms with Crippen LogP contribution in [0.15, 0.2) is 73.4 Å². The van der Waals surface area contributed by atoms with Gasteiger partial charge < -0.3 is 10.3 Å². The third kappa shape index (κ3) is 4.39. The van der Waals surface area contributed by atoms with Crippen molar-refractivity contribution < 1.29 is 9.18 Å². The van der Waals surface area contributed by atoms with E-state index in [2.05, 4.69) is 35.5 Å². The van der Waals surface area contributed by atoms with Crippen LogP contribution < -0.4 is 5.32 Å². The van der Waals surface area contributed by atoms with Gasteiger partial charge in [-0.25, -0.2) is 4.39 Å². The Morgan fingerprint density at radius 1 is 0.947 bits per heavy atom. The van der Waals surface area contributed by atoms with Crippen LogP contribution >= 0.6 is 0 Å². The molecule has 0 unspecified atom stereocenters. The van der Waals surface area contributed by atoms with E-state index in [0.717, 1.165) is 33.1 Å². The van der Waals surface area contributed by atoms with Gasteiger partial charge >= 0.3 is 0 Å². The molecule has 0 radical (unpaired) electrons. The van der Waals surface area contributed by atoms with E-state index in [4.69, 9.17) is 0 Å². The van der Waals surface area contributed by atoms with E-state index < -0.39 is 0 Å². The fourth-order valence-electron chi connectivity index (χ4n) is 4.58. The first-order valence-electron chi connectivity index (χ1n) is 12.3. The van der Waals surface area contributed by atoms with E-state index in [1.54, 1.807) is 49.2 Å². The molecule has 5 aromatic heterocycles. The number of carbonyl (C=O) groups excluding carboxylic acids is 1. The number of fused-ring (bicyclic) bond motifs is 2. The molecule has 0 saturated heterocycles. The van der Waals surface area contributed by atoms with Crippen LogP contribution in [0.3, 0.4) is 0 Å². The number of carbonyl (C=O) groups is 1. The number of nitrogens with zero attached hydrogens (tertiary/aromatic N) is 4. The fraction of sp³-hybridized carbons (Fsp3) is 0.138. The third-order valence-electron chi connectivity index (χ3n) is 6.32. The highest BCUT2D eigenvalue weighted by molar-refractivity contribution is 6.01. The summed E-state index contributed by atoms with van der Waals surface area (Å²) in [6.45, 7) is 4.00. The van der Waals surface area contributed by atoms with Gasteiger partial charge in [-0.15, -0.1) is 0 Å². The number of nitrogens with one attached hydrogen (secondary N) is 3. The second-order valence-corrected chi connectivity index (χ2v) is 9.61. The smallest absolute Gasteiger partial charge is 0.224 e. The first-order chi connectivity index (χ1) is 18.5. The molecule has 0 fully saturated rings. The van der Waals surface area contributed by atoms with E-state index in [-0.39, 0.29) is 17.6 Å². The van der Waals surface area contributed by atoms with E-state index in [9.17, 15) is 9.18 Å². The topological polar surface area (TPSA) is 112 Å². The number of rotatable bonds is 6. The summed E-state index contributed by atoms with van der Waals surface area (Å²) in [6.07, 6.45) is 8.88. The van der Waals surface area contributed by atoms with Crippen LogP contribution in [0.25, 0.3) is 55.6 Å². The highest BCUT2D eigenvalue weighted by atomic mass is 19.1. The maximum atomic E-state index is 14.6. The SMILES string of the molecule is CC(C)CC(=O)Nc1cncc(-c2cc3c(-c4cc5c(-c6ccccc6F)cncc5[nH]4)n[nH]c3cn2)c1. The van der Waals surface area contributed by atoms with Crippen LogP contribution in [0.4, 0.5) is 10.1 Å². The number of hydrogen-bond acceptors (Lipinski definition) is 5. The van der Waals surface area contributed by atoms with E-state index in [1.807, 2.05) is 32.0 Å². The van der Waals surface area contributed by atoms with Gasteiger partial charge in [-0.05, 0) is 30.2 Å². The molecule has 188 valence electrons. The molecular weight excluding hydrogens is 481 g/mol. The Hall–Kier alpha value is -4.92. The van der Waals surface area contributed by atoms with Gasteiger partial charge in [0.05, 0.1) is 46.7 Å². The number of halogens is 1. The normalized spacial score (nSPS) is 11.5. The molecule has 0 atom stereocenters. The quantitative estimate of drug-likeness (QED) is 0.244. The van der Waals surface area contributed by atoms with Gasteiger partial charge in [-0.2, -0.15) is 5.10 Å². The summed E-state index contributed by atoms with van der Waals surface area (Å²) < 4.78 is 14.6. The summed E-state index contributed by atoms with van der Waals surface area (Å²) in [4.78, 5) is 28.8. The van der Waals surface area contributed by atoms with Crippen molar-refractivity contribution in [3.05, 3.63) is 79.3 Å². The van der Waals surface area contributed by atoms with Crippen LogP contribution in [0.2, 0.25) is 0 Å². The van der Waals surface area contributed by atoms with Crippen molar-refractivity contribution in [2.45, 2.75) is 20.3 Å². The number of pyridine rings is 3. The predicted molar refractivity (Wildman–Crippen MR) is 146 cm³/mol. The largest absolute Gasteiger partial charge is 0.352 e. The maximum absolute atomic E-state index is 14.6. The van der Waals surface area contributed by atoms with Gasteiger partial charge in [-0.3, -0.25) is 24.8 Å². The molecule has 1 amide bonds. The van der Waals surface area contributed by atoms with Crippen molar-refractivity contribution in [1.82, 2.24) is 30.1 Å². The molecule has 0 bridgehead atoms. The molecule has 9 heteroatoms. The van der Waals surface area contributed by atoms with E-state index in [0.29, 0.717) is 34.6 Å². The molecule has 6 rings (SSSR count). The predicted octanol–water partition coefficient (Wildman–Crippen LogP) is 6.35. The van der Waals surface area contributed by atoms with E-state index >= 15 is 0 Å². The number of aromatic nitrogens is 6. The summed E-state index contributed by atoms with van der Waals surface area (Å²) in [7, 11) is 0. The molecule has 8 nitrogen and oxygen atoms in total. The third-order valence-corrected chi connectivity index (χ3v) is 6.32. The summed E-state index contributed by atoms with van der Waals surface area (Å²) in [5.74, 6) is -0.0952. The average molecular weight is 506 g/mol. The molecule has 0 aliphatic rings. The highest BCUT2D eigenvalue weighted by Gasteiger charge is 2.16. The number of hydrogen-bond donors (Lipinski definition) is 3. The first-order valence-corrected chi connectivity index (χ1v) is 12.3. The van der Waals surface area contributed by atoms with Crippen LogP contribution in [-0.4, -0.2) is 36.0 Å². The lowest BCUT2D eigenvalue weighted by atomic mass is 10.0. The molecule has 0 aliphatic heterocycles. The van der Waals surface area contributed by atoms with Gasteiger partial charge in [0.2, 0.25) is 5.91 Å². The van der Waals surface area contributed by atoms with Crippen molar-refractivity contribution in [2.24, 2.45) is 5.92 Å². The van der Waals surface area contributed by atoms with Crippen LogP contribution in [0.1, 0.15) is 20.3 Å². The molecule has 0 saturated carbocycles. The first kappa shape index (κ1) is 23.5. The Balaban J connectivity index is 1.39. The minimum atomic E-state index is -0.304. The van der Waals surface area contributed by atoms with Crippen molar-refractivity contribution in [1.29, 1.82) is 0 Å². The monoisotopic (exact) mass is 505 g/mol. The number of benzene rings is 1. The Morgan fingerprint density at radius 2 is 1.79 bits per heavy atom. The standard InChI is InChI=1S/C29H24FN7O/c1-16(2)7-28(38)34-18-8-17(11-31-12-18)24-10-21-27(15-33-24)36-37-29(21)25-9-20-22(13-32-14-26(20)35-25)19-5-3-4-6-23(19)30/h3-6,8-16,35H,7H2,1-2H3,(H,34,38)(H,36,37). The zero-order valence-electron chi connectivity index (χ0n) is 20.8. The minimum absolute atomic E-state index is 0.0532. The maximum Gasteiger partial charge on any atom is 0.224 e. The molecular formula is C29H24FN7O. The number of H-pyrrole nitrogens is 2. The van der Waals surface area contributed by atoms with Crippen molar-refractivity contribution in [2.75, 3.05) is 5.32 Å². The minimum Gasteiger partial charge on any atom is -0.352 e. The van der Waals surface area contributed by atoms with Crippen molar-refractivity contribution >= 4 is 33.4 Å². The average Bonchev–Trinajstić information content (AvgIpc) is 3.52. The molecule has 1 aromatic carbocycles. The number of aromatic amines is 2. The summed E-state index contributed by atoms with van der Waals surface area (Å²) in [5.41, 5.74) is 6.28. The highest BCUT2D eigenvalue weighted by Crippen LogP contribution is 2.35. The van der Waals surface area contributed by atoms with Crippen LogP contribution in [0, 0.1) is 11.7 Å². The van der Waals surface area contributed by atoms with Gasteiger partial charge in [0.25, 0.3) is 0 Å². The second-order valence-electron chi connectivity index (χ2n) is 9.61. The van der Waals surface area contributed by atoms with Crippen molar-refractivity contribution in [3.63, 3.8) is 0 Å². The Morgan fingerprint density at radius 3 is 2.63 bits per heavy atom. The molecule has 3 N–H and O–H groups in total.